The molecule has 0 fully saturated rings. The lowest BCUT2D eigenvalue weighted by molar-refractivity contribution is -0.117. The average molecular weight is 445 g/mol. The third kappa shape index (κ3) is 4.55. The van der Waals surface area contributed by atoms with E-state index in [4.69, 9.17) is 9.47 Å². The number of halogens is 2. The van der Waals surface area contributed by atoms with E-state index in [1.807, 2.05) is 29.6 Å². The van der Waals surface area contributed by atoms with Gasteiger partial charge in [-0.25, -0.2) is 8.78 Å². The number of benzene rings is 2. The number of anilines is 1. The molecule has 8 heteroatoms. The van der Waals surface area contributed by atoms with E-state index in [1.54, 1.807) is 25.6 Å². The molecule has 1 atom stereocenters. The summed E-state index contributed by atoms with van der Waals surface area (Å²) in [4.78, 5) is 15.9. The van der Waals surface area contributed by atoms with Crippen LogP contribution in [0.5, 0.6) is 11.5 Å². The molecule has 2 heterocycles. The van der Waals surface area contributed by atoms with E-state index >= 15 is 0 Å². The van der Waals surface area contributed by atoms with Crippen molar-refractivity contribution in [3.8, 4) is 11.5 Å². The summed E-state index contributed by atoms with van der Waals surface area (Å²) < 4.78 is 37.9. The van der Waals surface area contributed by atoms with Gasteiger partial charge in [-0.3, -0.25) is 9.69 Å². The molecule has 1 aliphatic heterocycles. The van der Waals surface area contributed by atoms with Gasteiger partial charge in [0.2, 0.25) is 5.91 Å². The van der Waals surface area contributed by atoms with Crippen LogP contribution >= 0.6 is 11.3 Å². The molecule has 2 aromatic carbocycles. The first-order valence-corrected chi connectivity index (χ1v) is 10.6. The zero-order valence-electron chi connectivity index (χ0n) is 17.2. The van der Waals surface area contributed by atoms with Crippen molar-refractivity contribution in [3.05, 3.63) is 75.5 Å². The standard InChI is InChI=1S/C23H22F2N2O3S/c1-29-19-8-14-5-6-27(13-22(28)26-17-10-15(24)9-16(25)11-17)23(21-4-3-7-31-21)18(14)12-20(19)30-2/h3-4,7-12,23H,5-6,13H2,1-2H3,(H,26,28). The highest BCUT2D eigenvalue weighted by Crippen LogP contribution is 2.42. The molecule has 0 radical (unpaired) electrons. The van der Waals surface area contributed by atoms with Gasteiger partial charge >= 0.3 is 0 Å². The second-order valence-electron chi connectivity index (χ2n) is 7.25. The molecule has 0 saturated heterocycles. The van der Waals surface area contributed by atoms with Crippen LogP contribution in [0, 0.1) is 11.6 Å². The van der Waals surface area contributed by atoms with E-state index in [-0.39, 0.29) is 24.2 Å². The van der Waals surface area contributed by atoms with Crippen molar-refractivity contribution in [2.45, 2.75) is 12.5 Å². The minimum Gasteiger partial charge on any atom is -0.493 e. The van der Waals surface area contributed by atoms with Crippen LogP contribution in [0.3, 0.4) is 0 Å². The number of hydrogen-bond donors (Lipinski definition) is 1. The first kappa shape index (κ1) is 21.3. The Bertz CT molecular complexity index is 1070. The number of carbonyl (C=O) groups excluding carboxylic acids is 1. The minimum atomic E-state index is -0.736. The molecular formula is C23H22F2N2O3S. The normalized spacial score (nSPS) is 15.9. The first-order chi connectivity index (χ1) is 15.0. The van der Waals surface area contributed by atoms with Crippen molar-refractivity contribution in [2.75, 3.05) is 32.6 Å². The summed E-state index contributed by atoms with van der Waals surface area (Å²) >= 11 is 1.61. The Morgan fingerprint density at radius 2 is 1.84 bits per heavy atom. The van der Waals surface area contributed by atoms with E-state index in [1.165, 1.54) is 0 Å². The minimum absolute atomic E-state index is 0.0779. The van der Waals surface area contributed by atoms with E-state index in [9.17, 15) is 13.6 Å². The number of fused-ring (bicyclic) bond motifs is 1. The average Bonchev–Trinajstić information content (AvgIpc) is 3.26. The Morgan fingerprint density at radius 3 is 2.48 bits per heavy atom. The molecule has 162 valence electrons. The van der Waals surface area contributed by atoms with Gasteiger partial charge in [0, 0.05) is 23.2 Å². The number of rotatable bonds is 6. The van der Waals surface area contributed by atoms with Gasteiger partial charge in [-0.2, -0.15) is 0 Å². The van der Waals surface area contributed by atoms with E-state index in [2.05, 4.69) is 10.2 Å². The van der Waals surface area contributed by atoms with Gasteiger partial charge < -0.3 is 14.8 Å². The fraction of sp³-hybridized carbons (Fsp3) is 0.261. The Kier molecular flexibility index (Phi) is 6.20. The second-order valence-corrected chi connectivity index (χ2v) is 8.23. The monoisotopic (exact) mass is 444 g/mol. The summed E-state index contributed by atoms with van der Waals surface area (Å²) in [5, 5.41) is 4.60. The van der Waals surface area contributed by atoms with Crippen LogP contribution in [-0.2, 0) is 11.2 Å². The van der Waals surface area contributed by atoms with Crippen molar-refractivity contribution >= 4 is 22.9 Å². The summed E-state index contributed by atoms with van der Waals surface area (Å²) in [6, 6.07) is 10.8. The van der Waals surface area contributed by atoms with Gasteiger partial charge in [0.25, 0.3) is 0 Å². The smallest absolute Gasteiger partial charge is 0.238 e. The number of amides is 1. The Morgan fingerprint density at radius 1 is 1.13 bits per heavy atom. The zero-order valence-corrected chi connectivity index (χ0v) is 18.0. The van der Waals surface area contributed by atoms with Gasteiger partial charge in [-0.15, -0.1) is 11.3 Å². The Balaban J connectivity index is 1.62. The molecule has 1 N–H and O–H groups in total. The fourth-order valence-electron chi connectivity index (χ4n) is 3.96. The molecule has 1 amide bonds. The number of methoxy groups -OCH3 is 2. The number of nitrogens with zero attached hydrogens (tertiary/aromatic N) is 1. The van der Waals surface area contributed by atoms with E-state index < -0.39 is 11.6 Å². The Hall–Kier alpha value is -2.97. The number of hydrogen-bond acceptors (Lipinski definition) is 5. The van der Waals surface area contributed by atoms with Crippen LogP contribution in [0.1, 0.15) is 22.0 Å². The van der Waals surface area contributed by atoms with Crippen LogP contribution in [0.4, 0.5) is 14.5 Å². The molecule has 1 aromatic heterocycles. The zero-order chi connectivity index (χ0) is 22.0. The van der Waals surface area contributed by atoms with Gasteiger partial charge in [0.05, 0.1) is 26.8 Å². The SMILES string of the molecule is COc1cc2c(cc1OC)C(c1cccs1)N(CC(=O)Nc1cc(F)cc(F)c1)CC2. The molecule has 1 aliphatic rings. The second kappa shape index (κ2) is 9.03. The summed E-state index contributed by atoms with van der Waals surface area (Å²) in [7, 11) is 3.20. The number of nitrogens with one attached hydrogen (secondary N) is 1. The first-order valence-electron chi connectivity index (χ1n) is 9.76. The summed E-state index contributed by atoms with van der Waals surface area (Å²) in [6.45, 7) is 0.727. The van der Waals surface area contributed by atoms with Gasteiger partial charge in [-0.1, -0.05) is 6.07 Å². The van der Waals surface area contributed by atoms with Crippen LogP contribution in [0.2, 0.25) is 0 Å². The molecule has 3 aromatic rings. The molecule has 5 nitrogen and oxygen atoms in total. The number of carbonyl (C=O) groups is 1. The molecule has 31 heavy (non-hydrogen) atoms. The lowest BCUT2D eigenvalue weighted by Gasteiger charge is -2.37. The van der Waals surface area contributed by atoms with Crippen molar-refractivity contribution in [3.63, 3.8) is 0 Å². The lowest BCUT2D eigenvalue weighted by Crippen LogP contribution is -2.41. The lowest BCUT2D eigenvalue weighted by atomic mass is 9.91. The van der Waals surface area contributed by atoms with Crippen LogP contribution in [0.15, 0.2) is 47.8 Å². The van der Waals surface area contributed by atoms with Crippen LogP contribution in [0.25, 0.3) is 0 Å². The topological polar surface area (TPSA) is 50.8 Å². The number of thiophene rings is 1. The third-order valence-corrected chi connectivity index (χ3v) is 6.20. The number of ether oxygens (including phenoxy) is 2. The van der Waals surface area contributed by atoms with E-state index in [0.717, 1.165) is 40.6 Å². The van der Waals surface area contributed by atoms with Gasteiger partial charge in [0.15, 0.2) is 11.5 Å². The highest BCUT2D eigenvalue weighted by Gasteiger charge is 2.32. The summed E-state index contributed by atoms with van der Waals surface area (Å²) in [5.41, 5.74) is 2.29. The van der Waals surface area contributed by atoms with Crippen LogP contribution < -0.4 is 14.8 Å². The highest BCUT2D eigenvalue weighted by atomic mass is 32.1. The molecule has 0 spiro atoms. The van der Waals surface area contributed by atoms with E-state index in [0.29, 0.717) is 18.0 Å². The van der Waals surface area contributed by atoms with Crippen molar-refractivity contribution < 1.29 is 23.0 Å². The largest absolute Gasteiger partial charge is 0.493 e. The summed E-state index contributed by atoms with van der Waals surface area (Å²) in [5.74, 6) is -0.510. The predicted octanol–water partition coefficient (Wildman–Crippen LogP) is 4.63. The maximum atomic E-state index is 13.5. The molecular weight excluding hydrogens is 422 g/mol. The fourth-order valence-corrected chi connectivity index (χ4v) is 4.84. The molecule has 0 saturated carbocycles. The molecule has 0 aliphatic carbocycles. The van der Waals surface area contributed by atoms with Crippen molar-refractivity contribution in [1.29, 1.82) is 0 Å². The van der Waals surface area contributed by atoms with Crippen LogP contribution in [-0.4, -0.2) is 38.1 Å². The maximum Gasteiger partial charge on any atom is 0.238 e. The highest BCUT2D eigenvalue weighted by molar-refractivity contribution is 7.10. The van der Waals surface area contributed by atoms with Crippen molar-refractivity contribution in [1.82, 2.24) is 4.90 Å². The molecule has 1 unspecified atom stereocenters. The third-order valence-electron chi connectivity index (χ3n) is 5.28. The molecule has 0 bridgehead atoms. The van der Waals surface area contributed by atoms with Crippen molar-refractivity contribution in [2.24, 2.45) is 0 Å². The Labute approximate surface area is 183 Å². The predicted molar refractivity (Wildman–Crippen MR) is 116 cm³/mol. The maximum absolute atomic E-state index is 13.5. The quantitative estimate of drug-likeness (QED) is 0.602. The molecule has 4 rings (SSSR count). The van der Waals surface area contributed by atoms with Gasteiger partial charge in [0.1, 0.15) is 11.6 Å². The summed E-state index contributed by atoms with van der Waals surface area (Å²) in [6.07, 6.45) is 0.736. The van der Waals surface area contributed by atoms with Gasteiger partial charge in [-0.05, 0) is 53.3 Å².